The first-order chi connectivity index (χ1) is 15.5. The minimum Gasteiger partial charge on any atom is -0.381 e. The molecule has 1 aromatic rings. The highest BCUT2D eigenvalue weighted by Crippen LogP contribution is 2.46. The highest BCUT2D eigenvalue weighted by Gasteiger charge is 2.31. The van der Waals surface area contributed by atoms with Gasteiger partial charge in [0, 0.05) is 57.8 Å². The van der Waals surface area contributed by atoms with Crippen LogP contribution >= 0.6 is 12.4 Å². The van der Waals surface area contributed by atoms with E-state index in [4.69, 9.17) is 4.74 Å². The van der Waals surface area contributed by atoms with Crippen LogP contribution < -0.4 is 9.80 Å². The Morgan fingerprint density at radius 2 is 1.58 bits per heavy atom. The number of nitrogens with zero attached hydrogens (tertiary/aromatic N) is 3. The molecule has 3 aliphatic rings. The molecule has 0 amide bonds. The number of methoxy groups -OCH3 is 1. The lowest BCUT2D eigenvalue weighted by Gasteiger charge is -2.40. The Hall–Kier alpha value is -0.970. The number of piperidine rings is 1. The number of hydrogen-bond donors (Lipinski definition) is 0. The van der Waals surface area contributed by atoms with E-state index < -0.39 is 0 Å². The van der Waals surface area contributed by atoms with Crippen molar-refractivity contribution in [2.75, 3.05) is 62.7 Å². The van der Waals surface area contributed by atoms with Crippen molar-refractivity contribution in [1.82, 2.24) is 4.90 Å². The maximum Gasteiger partial charge on any atom is 0.0605 e. The Balaban J connectivity index is 0.00000306. The molecule has 1 saturated carbocycles. The lowest BCUT2D eigenvalue weighted by atomic mass is 9.71. The van der Waals surface area contributed by atoms with Gasteiger partial charge in [-0.1, -0.05) is 27.2 Å². The molecule has 33 heavy (non-hydrogen) atoms. The molecule has 0 radical (unpaired) electrons. The van der Waals surface area contributed by atoms with Gasteiger partial charge in [-0.25, -0.2) is 0 Å². The molecule has 0 N–H and O–H groups in total. The zero-order valence-corrected chi connectivity index (χ0v) is 22.5. The molecule has 1 aliphatic carbocycles. The van der Waals surface area contributed by atoms with Crippen LogP contribution in [0.1, 0.15) is 83.6 Å². The molecule has 3 fully saturated rings. The van der Waals surface area contributed by atoms with Crippen molar-refractivity contribution >= 4 is 23.8 Å². The Morgan fingerprint density at radius 3 is 2.18 bits per heavy atom. The minimum absolute atomic E-state index is 0. The van der Waals surface area contributed by atoms with Gasteiger partial charge in [0.05, 0.1) is 6.10 Å². The molecular formula is C28H48ClN3O. The maximum absolute atomic E-state index is 5.61. The van der Waals surface area contributed by atoms with E-state index in [1.54, 1.807) is 5.56 Å². The zero-order chi connectivity index (χ0) is 22.6. The number of halogens is 1. The monoisotopic (exact) mass is 477 g/mol. The van der Waals surface area contributed by atoms with E-state index in [0.29, 0.717) is 17.4 Å². The maximum atomic E-state index is 5.61. The molecule has 5 heteroatoms. The third kappa shape index (κ3) is 6.80. The second kappa shape index (κ2) is 12.1. The Labute approximate surface area is 209 Å². The fraction of sp³-hybridized carbons (Fsp3) is 0.786. The number of hydrogen-bond acceptors (Lipinski definition) is 4. The van der Waals surface area contributed by atoms with Gasteiger partial charge in [-0.2, -0.15) is 0 Å². The first-order valence-electron chi connectivity index (χ1n) is 13.4. The molecule has 0 atom stereocenters. The highest BCUT2D eigenvalue weighted by atomic mass is 35.5. The summed E-state index contributed by atoms with van der Waals surface area (Å²) in [4.78, 5) is 7.95. The quantitative estimate of drug-likeness (QED) is 0.456. The second-order valence-electron chi connectivity index (χ2n) is 11.3. The van der Waals surface area contributed by atoms with E-state index in [-0.39, 0.29) is 12.4 Å². The molecular weight excluding hydrogens is 430 g/mol. The van der Waals surface area contributed by atoms with Crippen molar-refractivity contribution in [2.45, 2.75) is 84.2 Å². The summed E-state index contributed by atoms with van der Waals surface area (Å²) in [6.45, 7) is 15.5. The van der Waals surface area contributed by atoms with Crippen molar-refractivity contribution in [3.63, 3.8) is 0 Å². The third-order valence-corrected chi connectivity index (χ3v) is 8.47. The van der Waals surface area contributed by atoms with Gasteiger partial charge in [0.15, 0.2) is 0 Å². The molecule has 2 aliphatic heterocycles. The van der Waals surface area contributed by atoms with Crippen LogP contribution in [0.5, 0.6) is 0 Å². The average molecular weight is 478 g/mol. The molecule has 0 unspecified atom stereocenters. The summed E-state index contributed by atoms with van der Waals surface area (Å²) in [5.41, 5.74) is 5.11. The van der Waals surface area contributed by atoms with Crippen LogP contribution in [-0.4, -0.2) is 63.9 Å². The van der Waals surface area contributed by atoms with Gasteiger partial charge < -0.3 is 14.5 Å². The van der Waals surface area contributed by atoms with Gasteiger partial charge in [-0.3, -0.25) is 4.90 Å². The average Bonchev–Trinajstić information content (AvgIpc) is 2.83. The van der Waals surface area contributed by atoms with Gasteiger partial charge in [-0.15, -0.1) is 12.4 Å². The van der Waals surface area contributed by atoms with Gasteiger partial charge in [0.25, 0.3) is 0 Å². The highest BCUT2D eigenvalue weighted by molar-refractivity contribution is 5.85. The SMILES string of the molecule is CCCCN1CCN(c2ccc(N3CCC(OC)CC3)cc2C2CCC(C)(C)CC2)CC1.Cl. The van der Waals surface area contributed by atoms with E-state index in [2.05, 4.69) is 53.7 Å². The van der Waals surface area contributed by atoms with Gasteiger partial charge in [-0.05, 0) is 86.6 Å². The number of ether oxygens (including phenoxy) is 1. The fourth-order valence-corrected chi connectivity index (χ4v) is 6.01. The molecule has 2 heterocycles. The summed E-state index contributed by atoms with van der Waals surface area (Å²) in [5, 5.41) is 0. The van der Waals surface area contributed by atoms with Crippen molar-refractivity contribution in [3.05, 3.63) is 23.8 Å². The summed E-state index contributed by atoms with van der Waals surface area (Å²) in [6, 6.07) is 7.45. The van der Waals surface area contributed by atoms with Crippen molar-refractivity contribution in [2.24, 2.45) is 5.41 Å². The second-order valence-corrected chi connectivity index (χ2v) is 11.3. The summed E-state index contributed by atoms with van der Waals surface area (Å²) >= 11 is 0. The number of unbranched alkanes of at least 4 members (excludes halogenated alkanes) is 1. The Bertz CT molecular complexity index is 714. The number of benzene rings is 1. The third-order valence-electron chi connectivity index (χ3n) is 8.47. The van der Waals surface area contributed by atoms with Crippen LogP contribution in [0, 0.1) is 5.41 Å². The van der Waals surface area contributed by atoms with Crippen LogP contribution in [0.2, 0.25) is 0 Å². The van der Waals surface area contributed by atoms with E-state index in [9.17, 15) is 0 Å². The molecule has 4 nitrogen and oxygen atoms in total. The van der Waals surface area contributed by atoms with Crippen LogP contribution in [0.3, 0.4) is 0 Å². The predicted octanol–water partition coefficient (Wildman–Crippen LogP) is 6.33. The van der Waals surface area contributed by atoms with E-state index in [1.807, 2.05) is 7.11 Å². The summed E-state index contributed by atoms with van der Waals surface area (Å²) < 4.78 is 5.61. The van der Waals surface area contributed by atoms with Crippen LogP contribution in [0.4, 0.5) is 11.4 Å². The molecule has 4 rings (SSSR count). The zero-order valence-electron chi connectivity index (χ0n) is 21.7. The smallest absolute Gasteiger partial charge is 0.0605 e. The molecule has 0 spiro atoms. The molecule has 1 aromatic carbocycles. The Kier molecular flexibility index (Phi) is 9.79. The molecule has 0 bridgehead atoms. The predicted molar refractivity (Wildman–Crippen MR) is 144 cm³/mol. The molecule has 0 aromatic heterocycles. The van der Waals surface area contributed by atoms with Crippen LogP contribution in [-0.2, 0) is 4.74 Å². The molecule has 2 saturated heterocycles. The largest absolute Gasteiger partial charge is 0.381 e. The summed E-state index contributed by atoms with van der Waals surface area (Å²) in [6.07, 6.45) is 10.7. The minimum atomic E-state index is 0. The molecule has 188 valence electrons. The normalized spacial score (nSPS) is 22.9. The van der Waals surface area contributed by atoms with Crippen molar-refractivity contribution in [1.29, 1.82) is 0 Å². The van der Waals surface area contributed by atoms with Gasteiger partial charge in [0.1, 0.15) is 0 Å². The van der Waals surface area contributed by atoms with Crippen LogP contribution in [0.15, 0.2) is 18.2 Å². The number of rotatable bonds is 7. The van der Waals surface area contributed by atoms with E-state index in [0.717, 1.165) is 25.9 Å². The number of piperazine rings is 1. The van der Waals surface area contributed by atoms with Crippen molar-refractivity contribution in [3.8, 4) is 0 Å². The van der Waals surface area contributed by atoms with E-state index in [1.165, 1.54) is 82.6 Å². The Morgan fingerprint density at radius 1 is 0.909 bits per heavy atom. The first-order valence-corrected chi connectivity index (χ1v) is 13.4. The fourth-order valence-electron chi connectivity index (χ4n) is 6.01. The first kappa shape index (κ1) is 26.6. The van der Waals surface area contributed by atoms with Gasteiger partial charge >= 0.3 is 0 Å². The van der Waals surface area contributed by atoms with Crippen LogP contribution in [0.25, 0.3) is 0 Å². The number of anilines is 2. The summed E-state index contributed by atoms with van der Waals surface area (Å²) in [5.74, 6) is 0.715. The summed E-state index contributed by atoms with van der Waals surface area (Å²) in [7, 11) is 1.86. The van der Waals surface area contributed by atoms with E-state index >= 15 is 0 Å². The van der Waals surface area contributed by atoms with Gasteiger partial charge in [0.2, 0.25) is 0 Å². The lowest BCUT2D eigenvalue weighted by Crippen LogP contribution is -2.47. The lowest BCUT2D eigenvalue weighted by molar-refractivity contribution is 0.0819. The topological polar surface area (TPSA) is 19.0 Å². The van der Waals surface area contributed by atoms with Crippen molar-refractivity contribution < 1.29 is 4.74 Å². The standard InChI is InChI=1S/C28H47N3O.ClH/c1-5-6-15-29-18-20-31(21-19-29)27-8-7-24(30-16-11-25(32-4)12-17-30)22-26(27)23-9-13-28(2,3)14-10-23;/h7-8,22-23,25H,5-6,9-21H2,1-4H3;1H.